The number of hydrogen-bond acceptors (Lipinski definition) is 4. The van der Waals surface area contributed by atoms with Gasteiger partial charge in [0.2, 0.25) is 5.91 Å². The SMILES string of the molecule is O=C(Cc1csc(-c2ccccc2)n1)NCc1ccc2ncccc2c1. The summed E-state index contributed by atoms with van der Waals surface area (Å²) in [6.45, 7) is 0.499. The van der Waals surface area contributed by atoms with Crippen LogP contribution >= 0.6 is 11.3 Å². The molecule has 0 atom stereocenters. The van der Waals surface area contributed by atoms with Crippen LogP contribution in [-0.4, -0.2) is 15.9 Å². The molecule has 5 heteroatoms. The Morgan fingerprint density at radius 3 is 2.81 bits per heavy atom. The summed E-state index contributed by atoms with van der Waals surface area (Å²) in [4.78, 5) is 21.1. The number of carbonyl (C=O) groups excluding carboxylic acids is 1. The predicted molar refractivity (Wildman–Crippen MR) is 105 cm³/mol. The van der Waals surface area contributed by atoms with Gasteiger partial charge in [-0.2, -0.15) is 0 Å². The minimum atomic E-state index is -0.0267. The molecule has 2 heterocycles. The summed E-state index contributed by atoms with van der Waals surface area (Å²) < 4.78 is 0. The van der Waals surface area contributed by atoms with E-state index in [1.54, 1.807) is 17.5 Å². The van der Waals surface area contributed by atoms with Gasteiger partial charge in [-0.3, -0.25) is 9.78 Å². The van der Waals surface area contributed by atoms with Crippen LogP contribution in [0.25, 0.3) is 21.5 Å². The molecule has 1 amide bonds. The summed E-state index contributed by atoms with van der Waals surface area (Å²) in [6, 6.07) is 20.0. The number of benzene rings is 2. The number of rotatable bonds is 5. The molecule has 0 saturated carbocycles. The number of hydrogen-bond donors (Lipinski definition) is 1. The lowest BCUT2D eigenvalue weighted by Gasteiger charge is -2.05. The van der Waals surface area contributed by atoms with Crippen molar-refractivity contribution < 1.29 is 4.79 Å². The molecule has 0 aliphatic heterocycles. The minimum Gasteiger partial charge on any atom is -0.352 e. The van der Waals surface area contributed by atoms with E-state index < -0.39 is 0 Å². The highest BCUT2D eigenvalue weighted by molar-refractivity contribution is 7.13. The highest BCUT2D eigenvalue weighted by Crippen LogP contribution is 2.23. The zero-order valence-electron chi connectivity index (χ0n) is 14.1. The third-order valence-corrected chi connectivity index (χ3v) is 5.01. The molecule has 26 heavy (non-hydrogen) atoms. The molecule has 4 aromatic rings. The molecule has 4 nitrogen and oxygen atoms in total. The number of nitrogens with one attached hydrogen (secondary N) is 1. The van der Waals surface area contributed by atoms with Gasteiger partial charge in [0.05, 0.1) is 17.6 Å². The highest BCUT2D eigenvalue weighted by atomic mass is 32.1. The van der Waals surface area contributed by atoms with Crippen molar-refractivity contribution >= 4 is 28.1 Å². The molecular weight excluding hydrogens is 342 g/mol. The Balaban J connectivity index is 1.37. The van der Waals surface area contributed by atoms with Gasteiger partial charge in [-0.1, -0.05) is 42.5 Å². The zero-order valence-corrected chi connectivity index (χ0v) is 14.9. The first-order chi connectivity index (χ1) is 12.8. The molecular formula is C21H17N3OS. The molecule has 128 valence electrons. The summed E-state index contributed by atoms with van der Waals surface area (Å²) in [7, 11) is 0. The fourth-order valence-electron chi connectivity index (χ4n) is 2.76. The maximum absolute atomic E-state index is 12.2. The molecule has 2 aromatic heterocycles. The van der Waals surface area contributed by atoms with Gasteiger partial charge in [-0.05, 0) is 23.8 Å². The lowest BCUT2D eigenvalue weighted by Crippen LogP contribution is -2.24. The van der Waals surface area contributed by atoms with Crippen LogP contribution < -0.4 is 5.32 Å². The van der Waals surface area contributed by atoms with E-state index in [4.69, 9.17) is 0 Å². The molecule has 1 N–H and O–H groups in total. The summed E-state index contributed by atoms with van der Waals surface area (Å²) in [5.41, 5.74) is 3.89. The van der Waals surface area contributed by atoms with E-state index in [2.05, 4.69) is 21.4 Å². The van der Waals surface area contributed by atoms with E-state index in [1.165, 1.54) is 0 Å². The Morgan fingerprint density at radius 1 is 1.04 bits per heavy atom. The first kappa shape index (κ1) is 16.4. The van der Waals surface area contributed by atoms with Crippen molar-refractivity contribution in [3.8, 4) is 10.6 Å². The van der Waals surface area contributed by atoms with Crippen LogP contribution in [0.1, 0.15) is 11.3 Å². The van der Waals surface area contributed by atoms with E-state index in [-0.39, 0.29) is 5.91 Å². The molecule has 0 aliphatic carbocycles. The Kier molecular flexibility index (Phi) is 4.71. The quantitative estimate of drug-likeness (QED) is 0.580. The second kappa shape index (κ2) is 7.45. The lowest BCUT2D eigenvalue weighted by molar-refractivity contribution is -0.120. The van der Waals surface area contributed by atoms with Crippen LogP contribution in [0, 0.1) is 0 Å². The van der Waals surface area contributed by atoms with Crippen molar-refractivity contribution in [3.05, 3.63) is 83.5 Å². The van der Waals surface area contributed by atoms with Gasteiger partial charge in [0.25, 0.3) is 0 Å². The fraction of sp³-hybridized carbons (Fsp3) is 0.0952. The van der Waals surface area contributed by atoms with E-state index in [0.717, 1.165) is 32.7 Å². The molecule has 0 unspecified atom stereocenters. The first-order valence-corrected chi connectivity index (χ1v) is 9.26. The van der Waals surface area contributed by atoms with E-state index in [0.29, 0.717) is 13.0 Å². The van der Waals surface area contributed by atoms with Crippen LogP contribution in [0.5, 0.6) is 0 Å². The van der Waals surface area contributed by atoms with Crippen molar-refractivity contribution in [1.82, 2.24) is 15.3 Å². The number of nitrogens with zero attached hydrogens (tertiary/aromatic N) is 2. The van der Waals surface area contributed by atoms with E-state index >= 15 is 0 Å². The average Bonchev–Trinajstić information content (AvgIpc) is 3.15. The summed E-state index contributed by atoms with van der Waals surface area (Å²) >= 11 is 1.56. The first-order valence-electron chi connectivity index (χ1n) is 8.38. The normalized spacial score (nSPS) is 10.8. The van der Waals surface area contributed by atoms with Gasteiger partial charge >= 0.3 is 0 Å². The van der Waals surface area contributed by atoms with Crippen LogP contribution in [0.3, 0.4) is 0 Å². The maximum atomic E-state index is 12.2. The molecule has 0 saturated heterocycles. The predicted octanol–water partition coefficient (Wildman–Crippen LogP) is 4.22. The van der Waals surface area contributed by atoms with Gasteiger partial charge in [0.1, 0.15) is 5.01 Å². The molecule has 0 fully saturated rings. The number of pyridine rings is 1. The Morgan fingerprint density at radius 2 is 1.92 bits per heavy atom. The largest absolute Gasteiger partial charge is 0.352 e. The van der Waals surface area contributed by atoms with E-state index in [9.17, 15) is 4.79 Å². The minimum absolute atomic E-state index is 0.0267. The highest BCUT2D eigenvalue weighted by Gasteiger charge is 2.09. The van der Waals surface area contributed by atoms with Gasteiger partial charge in [-0.25, -0.2) is 4.98 Å². The van der Waals surface area contributed by atoms with Gasteiger partial charge in [0, 0.05) is 29.1 Å². The van der Waals surface area contributed by atoms with Crippen molar-refractivity contribution in [1.29, 1.82) is 0 Å². The van der Waals surface area contributed by atoms with Crippen molar-refractivity contribution in [3.63, 3.8) is 0 Å². The summed E-state index contributed by atoms with van der Waals surface area (Å²) in [6.07, 6.45) is 2.07. The Bertz CT molecular complexity index is 1040. The molecule has 0 aliphatic rings. The van der Waals surface area contributed by atoms with Gasteiger partial charge in [-0.15, -0.1) is 11.3 Å². The molecule has 0 radical (unpaired) electrons. The summed E-state index contributed by atoms with van der Waals surface area (Å²) in [5, 5.41) is 6.93. The average molecular weight is 359 g/mol. The number of thiazole rings is 1. The van der Waals surface area contributed by atoms with Crippen LogP contribution in [0.4, 0.5) is 0 Å². The summed E-state index contributed by atoms with van der Waals surface area (Å²) in [5.74, 6) is -0.0267. The fourth-order valence-corrected chi connectivity index (χ4v) is 3.59. The maximum Gasteiger partial charge on any atom is 0.226 e. The number of amides is 1. The molecule has 0 spiro atoms. The number of fused-ring (bicyclic) bond motifs is 1. The van der Waals surface area contributed by atoms with Gasteiger partial charge in [0.15, 0.2) is 0 Å². The molecule has 0 bridgehead atoms. The Hall–Kier alpha value is -3.05. The van der Waals surface area contributed by atoms with Gasteiger partial charge < -0.3 is 5.32 Å². The van der Waals surface area contributed by atoms with Crippen molar-refractivity contribution in [2.24, 2.45) is 0 Å². The van der Waals surface area contributed by atoms with Crippen molar-refractivity contribution in [2.75, 3.05) is 0 Å². The smallest absolute Gasteiger partial charge is 0.226 e. The standard InChI is InChI=1S/C21H17N3OS/c25-20(12-18-14-26-21(24-18)16-5-2-1-3-6-16)23-13-15-8-9-19-17(11-15)7-4-10-22-19/h1-11,14H,12-13H2,(H,23,25). The van der Waals surface area contributed by atoms with E-state index in [1.807, 2.05) is 60.0 Å². The Labute approximate surface area is 155 Å². The number of aromatic nitrogens is 2. The monoisotopic (exact) mass is 359 g/mol. The number of carbonyl (C=O) groups is 1. The second-order valence-electron chi connectivity index (χ2n) is 5.99. The molecule has 2 aromatic carbocycles. The topological polar surface area (TPSA) is 54.9 Å². The van der Waals surface area contributed by atoms with Crippen molar-refractivity contribution in [2.45, 2.75) is 13.0 Å². The van der Waals surface area contributed by atoms with Crippen LogP contribution in [0.15, 0.2) is 72.2 Å². The third kappa shape index (κ3) is 3.78. The lowest BCUT2D eigenvalue weighted by atomic mass is 10.1. The van der Waals surface area contributed by atoms with Crippen LogP contribution in [0.2, 0.25) is 0 Å². The zero-order chi connectivity index (χ0) is 17.8. The second-order valence-corrected chi connectivity index (χ2v) is 6.85. The molecule has 4 rings (SSSR count). The van der Waals surface area contributed by atoms with Crippen LogP contribution in [-0.2, 0) is 17.8 Å². The third-order valence-electron chi connectivity index (χ3n) is 4.07.